The summed E-state index contributed by atoms with van der Waals surface area (Å²) in [4.78, 5) is 14.3. The van der Waals surface area contributed by atoms with E-state index in [1.165, 1.54) is 5.56 Å². The molecule has 1 aromatic rings. The van der Waals surface area contributed by atoms with E-state index in [9.17, 15) is 4.79 Å². The Hall–Kier alpha value is -1.18. The molecule has 0 fully saturated rings. The molecule has 0 spiro atoms. The van der Waals surface area contributed by atoms with Crippen molar-refractivity contribution in [2.45, 2.75) is 26.2 Å². The van der Waals surface area contributed by atoms with Gasteiger partial charge >= 0.3 is 0 Å². The Bertz CT molecular complexity index is 241. The van der Waals surface area contributed by atoms with Gasteiger partial charge in [0.15, 0.2) is 0 Å². The van der Waals surface area contributed by atoms with Crippen molar-refractivity contribution in [3.8, 4) is 0 Å². The van der Waals surface area contributed by atoms with Gasteiger partial charge in [0.25, 0.3) is 0 Å². The van der Waals surface area contributed by atoms with Gasteiger partial charge in [-0.25, -0.2) is 0 Å². The Morgan fingerprint density at radius 2 is 2.33 bits per heavy atom. The molecule has 1 heterocycles. The lowest BCUT2D eigenvalue weighted by Gasteiger charge is -1.97. The van der Waals surface area contributed by atoms with Crippen molar-refractivity contribution < 1.29 is 4.79 Å². The van der Waals surface area contributed by atoms with E-state index in [0.717, 1.165) is 24.8 Å². The molecule has 1 aromatic heterocycles. The predicted octanol–water partition coefficient (Wildman–Crippen LogP) is 1.91. The molecule has 0 bridgehead atoms. The third-order valence-corrected chi connectivity index (χ3v) is 1.73. The molecule has 0 saturated heterocycles. The van der Waals surface area contributed by atoms with Crippen LogP contribution in [0.25, 0.3) is 0 Å². The van der Waals surface area contributed by atoms with Crippen LogP contribution in [-0.2, 0) is 11.2 Å². The third kappa shape index (κ3) is 2.82. The Labute approximate surface area is 72.6 Å². The summed E-state index contributed by atoms with van der Waals surface area (Å²) in [5.41, 5.74) is 2.25. The fourth-order valence-corrected chi connectivity index (χ4v) is 1.01. The number of pyridine rings is 1. The van der Waals surface area contributed by atoms with Gasteiger partial charge in [-0.2, -0.15) is 0 Å². The van der Waals surface area contributed by atoms with Crippen LogP contribution in [0.15, 0.2) is 18.3 Å². The van der Waals surface area contributed by atoms with E-state index in [2.05, 4.69) is 4.98 Å². The topological polar surface area (TPSA) is 30.0 Å². The number of rotatable bonds is 4. The number of carbonyl (C=O) groups excluding carboxylic acids is 1. The maximum atomic E-state index is 10.0. The molecule has 0 aromatic carbocycles. The van der Waals surface area contributed by atoms with E-state index in [-0.39, 0.29) is 0 Å². The fourth-order valence-electron chi connectivity index (χ4n) is 1.01. The van der Waals surface area contributed by atoms with Crippen LogP contribution in [0.2, 0.25) is 0 Å². The molecule has 0 saturated carbocycles. The third-order valence-electron chi connectivity index (χ3n) is 1.73. The molecule has 0 aliphatic carbocycles. The minimum atomic E-state index is 0.634. The van der Waals surface area contributed by atoms with Gasteiger partial charge in [-0.1, -0.05) is 6.07 Å². The minimum absolute atomic E-state index is 0.634. The molecule has 0 aliphatic rings. The number of aryl methyl sites for hydroxylation is 2. The van der Waals surface area contributed by atoms with Crippen LogP contribution in [0.5, 0.6) is 0 Å². The van der Waals surface area contributed by atoms with Crippen molar-refractivity contribution in [3.05, 3.63) is 29.6 Å². The number of hydrogen-bond donors (Lipinski definition) is 0. The zero-order chi connectivity index (χ0) is 8.81. The monoisotopic (exact) mass is 163 g/mol. The normalized spacial score (nSPS) is 9.75. The summed E-state index contributed by atoms with van der Waals surface area (Å²) in [7, 11) is 0. The Morgan fingerprint density at radius 3 is 2.92 bits per heavy atom. The molecule has 64 valence electrons. The molecule has 0 unspecified atom stereocenters. The van der Waals surface area contributed by atoms with Crippen molar-refractivity contribution >= 4 is 6.29 Å². The van der Waals surface area contributed by atoms with Gasteiger partial charge < -0.3 is 4.79 Å². The summed E-state index contributed by atoms with van der Waals surface area (Å²) in [6.45, 7) is 2.02. The molecule has 2 nitrogen and oxygen atoms in total. The first kappa shape index (κ1) is 8.91. The van der Waals surface area contributed by atoms with Crippen molar-refractivity contribution in [1.29, 1.82) is 0 Å². The van der Waals surface area contributed by atoms with E-state index in [1.807, 2.05) is 25.3 Å². The first-order chi connectivity index (χ1) is 5.83. The number of unbranched alkanes of at least 4 members (excludes halogenated alkanes) is 1. The van der Waals surface area contributed by atoms with E-state index in [4.69, 9.17) is 0 Å². The number of aromatic nitrogens is 1. The molecule has 0 aliphatic heterocycles. The number of nitrogens with zero attached hydrogens (tertiary/aromatic N) is 1. The highest BCUT2D eigenvalue weighted by molar-refractivity contribution is 5.49. The minimum Gasteiger partial charge on any atom is -0.303 e. The predicted molar refractivity (Wildman–Crippen MR) is 48.0 cm³/mol. The maximum Gasteiger partial charge on any atom is 0.120 e. The Morgan fingerprint density at radius 1 is 1.50 bits per heavy atom. The Kier molecular flexibility index (Phi) is 3.45. The standard InChI is InChI=1S/C10H13NO/c1-9-5-6-10(11-8-9)4-2-3-7-12/h5-8H,2-4H2,1H3. The highest BCUT2D eigenvalue weighted by Crippen LogP contribution is 2.02. The van der Waals surface area contributed by atoms with Crippen LogP contribution in [0.3, 0.4) is 0 Å². The highest BCUT2D eigenvalue weighted by atomic mass is 16.1. The first-order valence-electron chi connectivity index (χ1n) is 4.18. The van der Waals surface area contributed by atoms with Crippen LogP contribution < -0.4 is 0 Å². The molecule has 0 amide bonds. The number of aldehydes is 1. The lowest BCUT2D eigenvalue weighted by atomic mass is 10.2. The van der Waals surface area contributed by atoms with Crippen molar-refractivity contribution in [2.24, 2.45) is 0 Å². The van der Waals surface area contributed by atoms with E-state index in [0.29, 0.717) is 6.42 Å². The molecule has 0 atom stereocenters. The lowest BCUT2D eigenvalue weighted by Crippen LogP contribution is -1.90. The SMILES string of the molecule is Cc1ccc(CCCC=O)nc1. The van der Waals surface area contributed by atoms with Gasteiger partial charge in [-0.3, -0.25) is 4.98 Å². The molecular weight excluding hydrogens is 150 g/mol. The van der Waals surface area contributed by atoms with Gasteiger partial charge in [-0.15, -0.1) is 0 Å². The van der Waals surface area contributed by atoms with Crippen LogP contribution in [0.4, 0.5) is 0 Å². The highest BCUT2D eigenvalue weighted by Gasteiger charge is 1.93. The van der Waals surface area contributed by atoms with Gasteiger partial charge in [0, 0.05) is 18.3 Å². The first-order valence-corrected chi connectivity index (χ1v) is 4.18. The summed E-state index contributed by atoms with van der Waals surface area (Å²) in [5, 5.41) is 0. The number of hydrogen-bond acceptors (Lipinski definition) is 2. The molecule has 12 heavy (non-hydrogen) atoms. The molecule has 0 radical (unpaired) electrons. The van der Waals surface area contributed by atoms with Gasteiger partial charge in [0.2, 0.25) is 0 Å². The second-order valence-electron chi connectivity index (χ2n) is 2.89. The zero-order valence-corrected chi connectivity index (χ0v) is 7.29. The molecule has 1 rings (SSSR count). The van der Waals surface area contributed by atoms with Gasteiger partial charge in [0.05, 0.1) is 0 Å². The zero-order valence-electron chi connectivity index (χ0n) is 7.29. The summed E-state index contributed by atoms with van der Waals surface area (Å²) in [6.07, 6.45) is 5.25. The van der Waals surface area contributed by atoms with Gasteiger partial charge in [0.1, 0.15) is 6.29 Å². The molecular formula is C10H13NO. The fraction of sp³-hybridized carbons (Fsp3) is 0.400. The van der Waals surface area contributed by atoms with Crippen LogP contribution in [0.1, 0.15) is 24.1 Å². The summed E-state index contributed by atoms with van der Waals surface area (Å²) >= 11 is 0. The number of carbonyl (C=O) groups is 1. The summed E-state index contributed by atoms with van der Waals surface area (Å²) in [5.74, 6) is 0. The van der Waals surface area contributed by atoms with Crippen molar-refractivity contribution in [1.82, 2.24) is 4.98 Å². The van der Waals surface area contributed by atoms with Crippen molar-refractivity contribution in [2.75, 3.05) is 0 Å². The lowest BCUT2D eigenvalue weighted by molar-refractivity contribution is -0.107. The summed E-state index contributed by atoms with van der Waals surface area (Å²) in [6, 6.07) is 4.06. The van der Waals surface area contributed by atoms with E-state index < -0.39 is 0 Å². The second-order valence-corrected chi connectivity index (χ2v) is 2.89. The van der Waals surface area contributed by atoms with Crippen LogP contribution in [0, 0.1) is 6.92 Å². The van der Waals surface area contributed by atoms with E-state index in [1.54, 1.807) is 0 Å². The van der Waals surface area contributed by atoms with Crippen LogP contribution >= 0.6 is 0 Å². The quantitative estimate of drug-likeness (QED) is 0.501. The van der Waals surface area contributed by atoms with Crippen molar-refractivity contribution in [3.63, 3.8) is 0 Å². The molecule has 2 heteroatoms. The smallest absolute Gasteiger partial charge is 0.120 e. The average Bonchev–Trinajstić information content (AvgIpc) is 2.09. The van der Waals surface area contributed by atoms with Crippen LogP contribution in [-0.4, -0.2) is 11.3 Å². The van der Waals surface area contributed by atoms with Gasteiger partial charge in [-0.05, 0) is 31.4 Å². The summed E-state index contributed by atoms with van der Waals surface area (Å²) < 4.78 is 0. The second kappa shape index (κ2) is 4.65. The maximum absolute atomic E-state index is 10.0. The largest absolute Gasteiger partial charge is 0.303 e. The average molecular weight is 163 g/mol. The molecule has 0 N–H and O–H groups in total. The Balaban J connectivity index is 2.42. The van der Waals surface area contributed by atoms with E-state index >= 15 is 0 Å².